The fourth-order valence-electron chi connectivity index (χ4n) is 2.91. The van der Waals surface area contributed by atoms with Gasteiger partial charge in [-0.2, -0.15) is 4.98 Å². The van der Waals surface area contributed by atoms with Crippen molar-refractivity contribution in [3.63, 3.8) is 0 Å². The predicted molar refractivity (Wildman–Crippen MR) is 94.7 cm³/mol. The van der Waals surface area contributed by atoms with Gasteiger partial charge >= 0.3 is 0 Å². The van der Waals surface area contributed by atoms with Crippen molar-refractivity contribution in [1.29, 1.82) is 0 Å². The van der Waals surface area contributed by atoms with Crippen LogP contribution in [-0.2, 0) is 0 Å². The molecular formula is C18H21N3O2S. The highest BCUT2D eigenvalue weighted by Gasteiger charge is 2.29. The molecule has 1 aromatic carbocycles. The maximum atomic E-state index is 12.8. The molecule has 0 radical (unpaired) electrons. The zero-order valence-corrected chi connectivity index (χ0v) is 15.0. The SMILES string of the molecule is CSc1ccccc1C(=O)N1CC[C@@H](Oc2cc(C)nc(C)n2)C1. The van der Waals surface area contributed by atoms with Crippen molar-refractivity contribution in [1.82, 2.24) is 14.9 Å². The number of benzene rings is 1. The lowest BCUT2D eigenvalue weighted by Crippen LogP contribution is -2.31. The Morgan fingerprint density at radius 1 is 1.29 bits per heavy atom. The molecule has 2 aromatic rings. The van der Waals surface area contributed by atoms with E-state index in [1.54, 1.807) is 11.8 Å². The number of amides is 1. The van der Waals surface area contributed by atoms with Crippen LogP contribution in [0.25, 0.3) is 0 Å². The Morgan fingerprint density at radius 2 is 2.08 bits per heavy atom. The lowest BCUT2D eigenvalue weighted by Gasteiger charge is -2.18. The molecule has 0 N–H and O–H groups in total. The third kappa shape index (κ3) is 3.70. The van der Waals surface area contributed by atoms with Gasteiger partial charge in [-0.25, -0.2) is 4.98 Å². The van der Waals surface area contributed by atoms with Crippen molar-refractivity contribution in [2.45, 2.75) is 31.3 Å². The van der Waals surface area contributed by atoms with Gasteiger partial charge in [0.1, 0.15) is 11.9 Å². The number of hydrogen-bond donors (Lipinski definition) is 0. The smallest absolute Gasteiger partial charge is 0.255 e. The standard InChI is InChI=1S/C18H21N3O2S/c1-12-10-17(20-13(2)19-12)23-14-8-9-21(11-14)18(22)15-6-4-5-7-16(15)24-3/h4-7,10,14H,8-9,11H2,1-3H3/t14-/m1/s1. The summed E-state index contributed by atoms with van der Waals surface area (Å²) in [6.45, 7) is 5.06. The normalized spacial score (nSPS) is 17.1. The number of carbonyl (C=O) groups excluding carboxylic acids is 1. The van der Waals surface area contributed by atoms with Crippen molar-refractivity contribution >= 4 is 17.7 Å². The minimum atomic E-state index is -0.0240. The summed E-state index contributed by atoms with van der Waals surface area (Å²) in [5.74, 6) is 1.36. The van der Waals surface area contributed by atoms with E-state index in [0.717, 1.165) is 22.6 Å². The van der Waals surface area contributed by atoms with Gasteiger partial charge in [0.15, 0.2) is 0 Å². The largest absolute Gasteiger partial charge is 0.472 e. The first-order chi connectivity index (χ1) is 11.6. The van der Waals surface area contributed by atoms with E-state index >= 15 is 0 Å². The average Bonchev–Trinajstić information content (AvgIpc) is 3.01. The van der Waals surface area contributed by atoms with Crippen LogP contribution in [0.4, 0.5) is 0 Å². The Labute approximate surface area is 146 Å². The van der Waals surface area contributed by atoms with Crippen LogP contribution >= 0.6 is 11.8 Å². The summed E-state index contributed by atoms with van der Waals surface area (Å²) in [5, 5.41) is 0. The van der Waals surface area contributed by atoms with Crippen LogP contribution in [0.5, 0.6) is 5.88 Å². The third-order valence-electron chi connectivity index (χ3n) is 4.00. The fraction of sp³-hybridized carbons (Fsp3) is 0.389. The number of aromatic nitrogens is 2. The molecule has 0 unspecified atom stereocenters. The average molecular weight is 343 g/mol. The van der Waals surface area contributed by atoms with Crippen molar-refractivity contribution in [2.75, 3.05) is 19.3 Å². The van der Waals surface area contributed by atoms with Crippen LogP contribution < -0.4 is 4.74 Å². The molecule has 1 aromatic heterocycles. The zero-order valence-electron chi connectivity index (χ0n) is 14.2. The second kappa shape index (κ2) is 7.21. The Morgan fingerprint density at radius 3 is 2.83 bits per heavy atom. The Hall–Kier alpha value is -2.08. The van der Waals surface area contributed by atoms with E-state index in [1.165, 1.54) is 0 Å². The van der Waals surface area contributed by atoms with Crippen LogP contribution in [0.1, 0.15) is 28.3 Å². The Bertz CT molecular complexity index is 731. The van der Waals surface area contributed by atoms with E-state index in [2.05, 4.69) is 9.97 Å². The van der Waals surface area contributed by atoms with E-state index in [-0.39, 0.29) is 12.0 Å². The minimum Gasteiger partial charge on any atom is -0.472 e. The van der Waals surface area contributed by atoms with Gasteiger partial charge in [0.05, 0.1) is 12.1 Å². The van der Waals surface area contributed by atoms with Gasteiger partial charge in [-0.3, -0.25) is 4.79 Å². The van der Waals surface area contributed by atoms with Crippen LogP contribution in [0.2, 0.25) is 0 Å². The highest BCUT2D eigenvalue weighted by Crippen LogP contribution is 2.24. The Kier molecular flexibility index (Phi) is 5.04. The second-order valence-corrected chi connectivity index (χ2v) is 6.72. The van der Waals surface area contributed by atoms with Gasteiger partial charge in [0.2, 0.25) is 5.88 Å². The molecule has 1 aliphatic rings. The number of rotatable bonds is 4. The van der Waals surface area contributed by atoms with E-state index in [0.29, 0.717) is 24.8 Å². The first kappa shape index (κ1) is 16.8. The third-order valence-corrected chi connectivity index (χ3v) is 4.80. The summed E-state index contributed by atoms with van der Waals surface area (Å²) in [5.41, 5.74) is 1.65. The Balaban J connectivity index is 1.67. The lowest BCUT2D eigenvalue weighted by molar-refractivity contribution is 0.0767. The van der Waals surface area contributed by atoms with E-state index in [9.17, 15) is 4.79 Å². The van der Waals surface area contributed by atoms with E-state index < -0.39 is 0 Å². The van der Waals surface area contributed by atoms with Gasteiger partial charge in [-0.1, -0.05) is 12.1 Å². The fourth-order valence-corrected chi connectivity index (χ4v) is 3.50. The molecular weight excluding hydrogens is 322 g/mol. The van der Waals surface area contributed by atoms with Gasteiger partial charge in [0, 0.05) is 29.6 Å². The highest BCUT2D eigenvalue weighted by atomic mass is 32.2. The molecule has 1 fully saturated rings. The number of thioether (sulfide) groups is 1. The molecule has 1 amide bonds. The molecule has 6 heteroatoms. The topological polar surface area (TPSA) is 55.3 Å². The molecule has 0 aliphatic carbocycles. The number of aryl methyl sites for hydroxylation is 2. The first-order valence-corrected chi connectivity index (χ1v) is 9.20. The molecule has 1 saturated heterocycles. The number of carbonyl (C=O) groups is 1. The predicted octanol–water partition coefficient (Wildman–Crippen LogP) is 3.11. The molecule has 1 atom stereocenters. The number of nitrogens with zero attached hydrogens (tertiary/aromatic N) is 3. The molecule has 2 heterocycles. The van der Waals surface area contributed by atoms with Gasteiger partial charge < -0.3 is 9.64 Å². The second-order valence-electron chi connectivity index (χ2n) is 5.87. The zero-order chi connectivity index (χ0) is 17.1. The summed E-state index contributed by atoms with van der Waals surface area (Å²) < 4.78 is 5.96. The van der Waals surface area contributed by atoms with Gasteiger partial charge in [-0.05, 0) is 32.2 Å². The summed E-state index contributed by atoms with van der Waals surface area (Å²) in [6, 6.07) is 9.57. The van der Waals surface area contributed by atoms with Crippen molar-refractivity contribution in [2.24, 2.45) is 0 Å². The summed E-state index contributed by atoms with van der Waals surface area (Å²) >= 11 is 1.59. The quantitative estimate of drug-likeness (QED) is 0.799. The summed E-state index contributed by atoms with van der Waals surface area (Å²) in [6.07, 6.45) is 2.78. The summed E-state index contributed by atoms with van der Waals surface area (Å²) in [7, 11) is 0. The number of hydrogen-bond acceptors (Lipinski definition) is 5. The monoisotopic (exact) mass is 343 g/mol. The van der Waals surface area contributed by atoms with Gasteiger partial charge in [-0.15, -0.1) is 11.8 Å². The van der Waals surface area contributed by atoms with Crippen molar-refractivity contribution < 1.29 is 9.53 Å². The molecule has 5 nitrogen and oxygen atoms in total. The molecule has 126 valence electrons. The molecule has 3 rings (SSSR count). The number of ether oxygens (including phenoxy) is 1. The molecule has 1 aliphatic heterocycles. The van der Waals surface area contributed by atoms with E-state index in [1.807, 2.05) is 55.3 Å². The summed E-state index contributed by atoms with van der Waals surface area (Å²) in [4.78, 5) is 24.2. The van der Waals surface area contributed by atoms with Crippen LogP contribution in [0.15, 0.2) is 35.2 Å². The van der Waals surface area contributed by atoms with Gasteiger partial charge in [0.25, 0.3) is 5.91 Å². The number of likely N-dealkylation sites (tertiary alicyclic amines) is 1. The van der Waals surface area contributed by atoms with E-state index in [4.69, 9.17) is 4.74 Å². The molecule has 0 bridgehead atoms. The molecule has 0 spiro atoms. The minimum absolute atomic E-state index is 0.0240. The molecule has 0 saturated carbocycles. The van der Waals surface area contributed by atoms with Crippen molar-refractivity contribution in [3.8, 4) is 5.88 Å². The molecule has 24 heavy (non-hydrogen) atoms. The maximum Gasteiger partial charge on any atom is 0.255 e. The van der Waals surface area contributed by atoms with Crippen LogP contribution in [0.3, 0.4) is 0 Å². The van der Waals surface area contributed by atoms with Crippen molar-refractivity contribution in [3.05, 3.63) is 47.4 Å². The lowest BCUT2D eigenvalue weighted by atomic mass is 10.2. The maximum absolute atomic E-state index is 12.8. The van der Waals surface area contributed by atoms with Crippen LogP contribution in [0, 0.1) is 13.8 Å². The highest BCUT2D eigenvalue weighted by molar-refractivity contribution is 7.98. The van der Waals surface area contributed by atoms with Crippen LogP contribution in [-0.4, -0.2) is 46.2 Å². The first-order valence-electron chi connectivity index (χ1n) is 7.98.